The topological polar surface area (TPSA) is 64.9 Å². The maximum atomic E-state index is 11.7. The summed E-state index contributed by atoms with van der Waals surface area (Å²) in [6.45, 7) is 1.58. The molecule has 0 radical (unpaired) electrons. The summed E-state index contributed by atoms with van der Waals surface area (Å²) in [5.74, 6) is 0.0983. The predicted molar refractivity (Wildman–Crippen MR) is 68.9 cm³/mol. The zero-order valence-electron chi connectivity index (χ0n) is 10.3. The third kappa shape index (κ3) is 3.31. The Morgan fingerprint density at radius 3 is 2.83 bits per heavy atom. The molecule has 0 bridgehead atoms. The first-order chi connectivity index (χ1) is 8.79. The highest BCUT2D eigenvalue weighted by Crippen LogP contribution is 2.05. The van der Waals surface area contributed by atoms with Crippen molar-refractivity contribution in [2.45, 2.75) is 25.3 Å². The number of carbonyl (C=O) groups is 1. The summed E-state index contributed by atoms with van der Waals surface area (Å²) in [5, 5.41) is 14.8. The zero-order chi connectivity index (χ0) is 12.8. The van der Waals surface area contributed by atoms with Crippen LogP contribution in [0.1, 0.15) is 24.0 Å². The second-order valence-electron chi connectivity index (χ2n) is 4.50. The summed E-state index contributed by atoms with van der Waals surface area (Å²) in [6, 6.07) is 9.54. The minimum Gasteiger partial charge on any atom is -0.354 e. The fourth-order valence-corrected chi connectivity index (χ4v) is 2.11. The molecule has 1 aromatic rings. The van der Waals surface area contributed by atoms with Crippen LogP contribution in [0.25, 0.3) is 0 Å². The van der Waals surface area contributed by atoms with Gasteiger partial charge in [0.2, 0.25) is 5.91 Å². The van der Waals surface area contributed by atoms with Crippen LogP contribution in [0.3, 0.4) is 0 Å². The maximum Gasteiger partial charge on any atom is 0.237 e. The summed E-state index contributed by atoms with van der Waals surface area (Å²) in [7, 11) is 0. The van der Waals surface area contributed by atoms with Crippen LogP contribution >= 0.6 is 0 Å². The van der Waals surface area contributed by atoms with Gasteiger partial charge in [-0.05, 0) is 43.5 Å². The summed E-state index contributed by atoms with van der Waals surface area (Å²) >= 11 is 0. The first kappa shape index (κ1) is 12.6. The Morgan fingerprint density at radius 1 is 1.44 bits per heavy atom. The van der Waals surface area contributed by atoms with E-state index in [0.717, 1.165) is 31.4 Å². The molecule has 1 saturated heterocycles. The largest absolute Gasteiger partial charge is 0.354 e. The van der Waals surface area contributed by atoms with Gasteiger partial charge >= 0.3 is 0 Å². The van der Waals surface area contributed by atoms with Crippen LogP contribution in [-0.4, -0.2) is 25.0 Å². The highest BCUT2D eigenvalue weighted by Gasteiger charge is 2.20. The molecule has 1 aliphatic rings. The SMILES string of the molecule is N#Cc1ccc(CCNC(=O)[C@@H]2CCCN2)cc1. The molecule has 4 nitrogen and oxygen atoms in total. The number of hydrogen-bond acceptors (Lipinski definition) is 3. The molecule has 2 N–H and O–H groups in total. The van der Waals surface area contributed by atoms with E-state index in [1.165, 1.54) is 0 Å². The van der Waals surface area contributed by atoms with Gasteiger partial charge in [0.1, 0.15) is 0 Å². The average Bonchev–Trinajstić information content (AvgIpc) is 2.93. The van der Waals surface area contributed by atoms with Gasteiger partial charge in [-0.2, -0.15) is 5.26 Å². The lowest BCUT2D eigenvalue weighted by Gasteiger charge is -2.10. The van der Waals surface area contributed by atoms with Crippen LogP contribution < -0.4 is 10.6 Å². The van der Waals surface area contributed by atoms with E-state index in [9.17, 15) is 4.79 Å². The lowest BCUT2D eigenvalue weighted by molar-refractivity contribution is -0.122. The van der Waals surface area contributed by atoms with Gasteiger partial charge in [-0.25, -0.2) is 0 Å². The van der Waals surface area contributed by atoms with Crippen LogP contribution in [-0.2, 0) is 11.2 Å². The summed E-state index contributed by atoms with van der Waals surface area (Å²) in [5.41, 5.74) is 1.80. The van der Waals surface area contributed by atoms with E-state index < -0.39 is 0 Å². The Balaban J connectivity index is 1.74. The van der Waals surface area contributed by atoms with Crippen molar-refractivity contribution in [2.75, 3.05) is 13.1 Å². The Kier molecular flexibility index (Phi) is 4.32. The first-order valence-electron chi connectivity index (χ1n) is 6.30. The van der Waals surface area contributed by atoms with Gasteiger partial charge in [-0.1, -0.05) is 12.1 Å². The Hall–Kier alpha value is -1.86. The molecule has 0 spiro atoms. The highest BCUT2D eigenvalue weighted by atomic mass is 16.2. The number of carbonyl (C=O) groups excluding carboxylic acids is 1. The fraction of sp³-hybridized carbons (Fsp3) is 0.429. The van der Waals surface area contributed by atoms with Crippen molar-refractivity contribution in [3.05, 3.63) is 35.4 Å². The predicted octanol–water partition coefficient (Wildman–Crippen LogP) is 0.969. The smallest absolute Gasteiger partial charge is 0.237 e. The molecule has 0 unspecified atom stereocenters. The van der Waals surface area contributed by atoms with E-state index >= 15 is 0 Å². The normalized spacial score (nSPS) is 18.3. The van der Waals surface area contributed by atoms with E-state index in [4.69, 9.17) is 5.26 Å². The number of nitrogens with zero attached hydrogens (tertiary/aromatic N) is 1. The van der Waals surface area contributed by atoms with E-state index in [2.05, 4.69) is 16.7 Å². The molecule has 94 valence electrons. The second-order valence-corrected chi connectivity index (χ2v) is 4.50. The third-order valence-electron chi connectivity index (χ3n) is 3.17. The molecular formula is C14H17N3O. The Morgan fingerprint density at radius 2 is 2.22 bits per heavy atom. The van der Waals surface area contributed by atoms with Crippen molar-refractivity contribution in [3.8, 4) is 6.07 Å². The van der Waals surface area contributed by atoms with Gasteiger partial charge in [-0.3, -0.25) is 4.79 Å². The second kappa shape index (κ2) is 6.18. The van der Waals surface area contributed by atoms with Crippen molar-refractivity contribution in [2.24, 2.45) is 0 Å². The molecule has 18 heavy (non-hydrogen) atoms. The number of nitrogens with one attached hydrogen (secondary N) is 2. The van der Waals surface area contributed by atoms with Crippen LogP contribution in [0, 0.1) is 11.3 Å². The number of hydrogen-bond donors (Lipinski definition) is 2. The number of amides is 1. The quantitative estimate of drug-likeness (QED) is 0.828. The summed E-state index contributed by atoms with van der Waals surface area (Å²) in [6.07, 6.45) is 2.81. The molecule has 1 heterocycles. The van der Waals surface area contributed by atoms with Crippen molar-refractivity contribution < 1.29 is 4.79 Å². The molecule has 1 aliphatic heterocycles. The third-order valence-corrected chi connectivity index (χ3v) is 3.17. The van der Waals surface area contributed by atoms with E-state index in [-0.39, 0.29) is 11.9 Å². The number of benzene rings is 1. The summed E-state index contributed by atoms with van der Waals surface area (Å²) in [4.78, 5) is 11.7. The molecule has 0 saturated carbocycles. The van der Waals surface area contributed by atoms with Gasteiger partial charge in [0, 0.05) is 6.54 Å². The highest BCUT2D eigenvalue weighted by molar-refractivity contribution is 5.81. The van der Waals surface area contributed by atoms with Crippen LogP contribution in [0.15, 0.2) is 24.3 Å². The van der Waals surface area contributed by atoms with E-state index in [1.807, 2.05) is 12.1 Å². The van der Waals surface area contributed by atoms with Crippen molar-refractivity contribution in [1.29, 1.82) is 5.26 Å². The fourth-order valence-electron chi connectivity index (χ4n) is 2.11. The number of nitriles is 1. The van der Waals surface area contributed by atoms with Gasteiger partial charge < -0.3 is 10.6 Å². The molecule has 4 heteroatoms. The molecule has 1 amide bonds. The first-order valence-corrected chi connectivity index (χ1v) is 6.30. The minimum absolute atomic E-state index is 0.00837. The summed E-state index contributed by atoms with van der Waals surface area (Å²) < 4.78 is 0. The molecule has 0 aliphatic carbocycles. The van der Waals surface area contributed by atoms with Crippen molar-refractivity contribution in [3.63, 3.8) is 0 Å². The molecule has 1 aromatic carbocycles. The van der Waals surface area contributed by atoms with Gasteiger partial charge in [0.25, 0.3) is 0 Å². The molecular weight excluding hydrogens is 226 g/mol. The van der Waals surface area contributed by atoms with Crippen LogP contribution in [0.2, 0.25) is 0 Å². The van der Waals surface area contributed by atoms with Crippen molar-refractivity contribution >= 4 is 5.91 Å². The van der Waals surface area contributed by atoms with Gasteiger partial charge in [0.05, 0.1) is 17.7 Å². The van der Waals surface area contributed by atoms with E-state index in [1.54, 1.807) is 12.1 Å². The van der Waals surface area contributed by atoms with Gasteiger partial charge in [0.15, 0.2) is 0 Å². The zero-order valence-corrected chi connectivity index (χ0v) is 10.3. The minimum atomic E-state index is -0.00837. The monoisotopic (exact) mass is 243 g/mol. The lowest BCUT2D eigenvalue weighted by atomic mass is 10.1. The van der Waals surface area contributed by atoms with Gasteiger partial charge in [-0.15, -0.1) is 0 Å². The average molecular weight is 243 g/mol. The lowest BCUT2D eigenvalue weighted by Crippen LogP contribution is -2.41. The van der Waals surface area contributed by atoms with Crippen LogP contribution in [0.4, 0.5) is 0 Å². The Labute approximate surface area is 107 Å². The molecule has 0 aromatic heterocycles. The van der Waals surface area contributed by atoms with Crippen molar-refractivity contribution in [1.82, 2.24) is 10.6 Å². The van der Waals surface area contributed by atoms with Crippen LogP contribution in [0.5, 0.6) is 0 Å². The number of rotatable bonds is 4. The molecule has 1 fully saturated rings. The standard InChI is InChI=1S/C14H17N3O/c15-10-12-5-3-11(4-6-12)7-9-17-14(18)13-2-1-8-16-13/h3-6,13,16H,1-2,7-9H2,(H,17,18)/t13-/m0/s1. The van der Waals surface area contributed by atoms with E-state index in [0.29, 0.717) is 12.1 Å². The molecule has 1 atom stereocenters. The maximum absolute atomic E-state index is 11.7. The Bertz CT molecular complexity index is 441. The molecule has 2 rings (SSSR count).